The fourth-order valence-electron chi connectivity index (χ4n) is 2.57. The van der Waals surface area contributed by atoms with E-state index in [0.29, 0.717) is 6.54 Å². The quantitative estimate of drug-likeness (QED) is 0.680. The average molecular weight is 270 g/mol. The highest BCUT2D eigenvalue weighted by Gasteiger charge is 2.08. The van der Waals surface area contributed by atoms with Gasteiger partial charge in [-0.2, -0.15) is 0 Å². The summed E-state index contributed by atoms with van der Waals surface area (Å²) in [6.07, 6.45) is -0.738. The first-order valence-corrected chi connectivity index (χ1v) is 6.70. The lowest BCUT2D eigenvalue weighted by atomic mass is 10.1. The van der Waals surface area contributed by atoms with E-state index in [2.05, 4.69) is 41.2 Å². The Bertz CT molecular complexity index is 749. The van der Waals surface area contributed by atoms with Crippen molar-refractivity contribution in [2.45, 2.75) is 6.10 Å². The van der Waals surface area contributed by atoms with E-state index < -0.39 is 6.10 Å². The van der Waals surface area contributed by atoms with Crippen LogP contribution in [0.1, 0.15) is 0 Å². The normalized spacial score (nSPS) is 12.9. The number of hydrogen-bond donors (Lipinski definition) is 3. The van der Waals surface area contributed by atoms with Crippen LogP contribution in [-0.2, 0) is 7.05 Å². The number of benzene rings is 2. The van der Waals surface area contributed by atoms with Crippen molar-refractivity contribution in [1.29, 1.82) is 0 Å². The summed E-state index contributed by atoms with van der Waals surface area (Å²) >= 11 is 0. The number of fused-ring (bicyclic) bond motifs is 3. The molecule has 1 atom stereocenters. The van der Waals surface area contributed by atoms with Crippen molar-refractivity contribution >= 4 is 27.5 Å². The Balaban J connectivity index is 2.03. The molecule has 0 aliphatic rings. The van der Waals surface area contributed by atoms with Crippen LogP contribution in [0.5, 0.6) is 0 Å². The largest absolute Gasteiger partial charge is 0.394 e. The van der Waals surface area contributed by atoms with Crippen molar-refractivity contribution in [3.05, 3.63) is 42.5 Å². The Kier molecular flexibility index (Phi) is 3.34. The SMILES string of the molecule is Cn1c2ccccc2c2ccc(NCC(O)CO)cc21. The van der Waals surface area contributed by atoms with Crippen molar-refractivity contribution in [3.63, 3.8) is 0 Å². The molecule has 4 nitrogen and oxygen atoms in total. The van der Waals surface area contributed by atoms with Gasteiger partial charge in [0.25, 0.3) is 0 Å². The molecule has 1 unspecified atom stereocenters. The molecule has 104 valence electrons. The van der Waals surface area contributed by atoms with Crippen LogP contribution in [-0.4, -0.2) is 34.0 Å². The lowest BCUT2D eigenvalue weighted by molar-refractivity contribution is 0.105. The zero-order valence-electron chi connectivity index (χ0n) is 11.4. The Morgan fingerprint density at radius 1 is 1.10 bits per heavy atom. The van der Waals surface area contributed by atoms with E-state index in [9.17, 15) is 5.11 Å². The first-order valence-electron chi connectivity index (χ1n) is 6.70. The number of aliphatic hydroxyl groups excluding tert-OH is 2. The van der Waals surface area contributed by atoms with Crippen molar-refractivity contribution in [1.82, 2.24) is 4.57 Å². The minimum Gasteiger partial charge on any atom is -0.394 e. The number of para-hydroxylation sites is 1. The van der Waals surface area contributed by atoms with Gasteiger partial charge < -0.3 is 20.1 Å². The summed E-state index contributed by atoms with van der Waals surface area (Å²) in [6, 6.07) is 14.5. The van der Waals surface area contributed by atoms with Crippen LogP contribution in [0.3, 0.4) is 0 Å². The third-order valence-electron chi connectivity index (χ3n) is 3.67. The Hall–Kier alpha value is -2.04. The second-order valence-corrected chi connectivity index (χ2v) is 5.03. The van der Waals surface area contributed by atoms with Gasteiger partial charge in [-0.3, -0.25) is 0 Å². The number of anilines is 1. The number of aryl methyl sites for hydroxylation is 1. The van der Waals surface area contributed by atoms with E-state index in [4.69, 9.17) is 5.11 Å². The molecule has 0 bridgehead atoms. The van der Waals surface area contributed by atoms with Crippen molar-refractivity contribution in [2.75, 3.05) is 18.5 Å². The highest BCUT2D eigenvalue weighted by molar-refractivity contribution is 6.08. The molecule has 3 N–H and O–H groups in total. The standard InChI is InChI=1S/C16H18N2O2/c1-18-15-5-3-2-4-13(15)14-7-6-11(8-16(14)18)17-9-12(20)10-19/h2-8,12,17,19-20H,9-10H2,1H3. The Morgan fingerprint density at radius 2 is 1.85 bits per heavy atom. The van der Waals surface area contributed by atoms with Crippen LogP contribution in [0.15, 0.2) is 42.5 Å². The van der Waals surface area contributed by atoms with Gasteiger partial charge in [0.05, 0.1) is 18.2 Å². The van der Waals surface area contributed by atoms with Crippen molar-refractivity contribution < 1.29 is 10.2 Å². The van der Waals surface area contributed by atoms with E-state index in [1.807, 2.05) is 18.2 Å². The van der Waals surface area contributed by atoms with Crippen LogP contribution >= 0.6 is 0 Å². The smallest absolute Gasteiger partial charge is 0.0942 e. The molecule has 0 fully saturated rings. The van der Waals surface area contributed by atoms with Gasteiger partial charge >= 0.3 is 0 Å². The minimum absolute atomic E-state index is 0.233. The lowest BCUT2D eigenvalue weighted by Crippen LogP contribution is -2.22. The predicted molar refractivity (Wildman–Crippen MR) is 82.0 cm³/mol. The van der Waals surface area contributed by atoms with Crippen molar-refractivity contribution in [2.24, 2.45) is 7.05 Å². The van der Waals surface area contributed by atoms with Crippen LogP contribution in [0.25, 0.3) is 21.8 Å². The Morgan fingerprint density at radius 3 is 2.65 bits per heavy atom. The second-order valence-electron chi connectivity index (χ2n) is 5.03. The summed E-state index contributed by atoms with van der Waals surface area (Å²) in [5, 5.41) is 23.8. The molecule has 2 aromatic carbocycles. The molecule has 0 saturated carbocycles. The zero-order chi connectivity index (χ0) is 14.1. The van der Waals surface area contributed by atoms with Crippen molar-refractivity contribution in [3.8, 4) is 0 Å². The first kappa shape index (κ1) is 13.0. The van der Waals surface area contributed by atoms with E-state index in [0.717, 1.165) is 11.2 Å². The van der Waals surface area contributed by atoms with Gasteiger partial charge in [0.1, 0.15) is 0 Å². The fraction of sp³-hybridized carbons (Fsp3) is 0.250. The molecule has 1 heterocycles. The summed E-state index contributed by atoms with van der Waals surface area (Å²) < 4.78 is 2.16. The molecule has 0 aliphatic carbocycles. The molecule has 0 saturated heterocycles. The number of rotatable bonds is 4. The molecule has 20 heavy (non-hydrogen) atoms. The molecule has 3 rings (SSSR count). The third-order valence-corrected chi connectivity index (χ3v) is 3.67. The van der Waals surface area contributed by atoms with Crippen LogP contribution in [0.4, 0.5) is 5.69 Å². The van der Waals surface area contributed by atoms with Gasteiger partial charge in [0.15, 0.2) is 0 Å². The van der Waals surface area contributed by atoms with E-state index >= 15 is 0 Å². The molecule has 3 aromatic rings. The van der Waals surface area contributed by atoms with E-state index in [1.165, 1.54) is 16.3 Å². The number of hydrogen-bond acceptors (Lipinski definition) is 3. The van der Waals surface area contributed by atoms with Gasteiger partial charge in [0, 0.05) is 35.6 Å². The third kappa shape index (κ3) is 2.13. The first-order chi connectivity index (χ1) is 9.70. The molecule has 1 aromatic heterocycles. The van der Waals surface area contributed by atoms with Gasteiger partial charge in [-0.25, -0.2) is 0 Å². The summed E-state index contributed by atoms with van der Waals surface area (Å²) in [7, 11) is 2.05. The maximum Gasteiger partial charge on any atom is 0.0942 e. The second kappa shape index (κ2) is 5.15. The van der Waals surface area contributed by atoms with Crippen LogP contribution in [0, 0.1) is 0 Å². The number of aromatic nitrogens is 1. The maximum atomic E-state index is 9.38. The highest BCUT2D eigenvalue weighted by atomic mass is 16.3. The van der Waals surface area contributed by atoms with Gasteiger partial charge in [-0.05, 0) is 18.2 Å². The summed E-state index contributed by atoms with van der Waals surface area (Å²) in [4.78, 5) is 0. The number of nitrogens with one attached hydrogen (secondary N) is 1. The molecule has 0 amide bonds. The molecule has 0 radical (unpaired) electrons. The molecule has 4 heteroatoms. The van der Waals surface area contributed by atoms with Gasteiger partial charge in [-0.15, -0.1) is 0 Å². The molecule has 0 spiro atoms. The summed E-state index contributed by atoms with van der Waals surface area (Å²) in [5.74, 6) is 0. The number of nitrogens with zero attached hydrogens (tertiary/aromatic N) is 1. The molecular formula is C16H18N2O2. The fourth-order valence-corrected chi connectivity index (χ4v) is 2.57. The topological polar surface area (TPSA) is 57.4 Å². The van der Waals surface area contributed by atoms with Gasteiger partial charge in [-0.1, -0.05) is 24.3 Å². The van der Waals surface area contributed by atoms with Crippen LogP contribution in [0.2, 0.25) is 0 Å². The minimum atomic E-state index is -0.738. The summed E-state index contributed by atoms with van der Waals surface area (Å²) in [5.41, 5.74) is 3.29. The maximum absolute atomic E-state index is 9.38. The predicted octanol–water partition coefficient (Wildman–Crippen LogP) is 2.10. The van der Waals surface area contributed by atoms with E-state index in [1.54, 1.807) is 0 Å². The van der Waals surface area contributed by atoms with Crippen LogP contribution < -0.4 is 5.32 Å². The Labute approximate surface area is 117 Å². The van der Waals surface area contributed by atoms with E-state index in [-0.39, 0.29) is 6.61 Å². The lowest BCUT2D eigenvalue weighted by Gasteiger charge is -2.10. The highest BCUT2D eigenvalue weighted by Crippen LogP contribution is 2.29. The zero-order valence-corrected chi connectivity index (χ0v) is 11.4. The average Bonchev–Trinajstić information content (AvgIpc) is 2.78. The summed E-state index contributed by atoms with van der Waals surface area (Å²) in [6.45, 7) is 0.106. The van der Waals surface area contributed by atoms with Gasteiger partial charge in [0.2, 0.25) is 0 Å². The molecule has 0 aliphatic heterocycles. The molecular weight excluding hydrogens is 252 g/mol. The monoisotopic (exact) mass is 270 g/mol. The number of aliphatic hydroxyl groups is 2.